The molecular weight excluding hydrogens is 256 g/mol. The zero-order valence-corrected chi connectivity index (χ0v) is 11.5. The second-order valence-corrected chi connectivity index (χ2v) is 5.51. The number of nitrogens with zero attached hydrogens (tertiary/aromatic N) is 2. The van der Waals surface area contributed by atoms with E-state index in [0.717, 1.165) is 13.1 Å². The lowest BCUT2D eigenvalue weighted by atomic mass is 10.4. The summed E-state index contributed by atoms with van der Waals surface area (Å²) in [5.74, 6) is 0. The first kappa shape index (κ1) is 15.1. The molecule has 1 rings (SSSR count). The summed E-state index contributed by atoms with van der Waals surface area (Å²) in [4.78, 5) is 2.11. The van der Waals surface area contributed by atoms with E-state index >= 15 is 0 Å². The number of nitrogens with one attached hydrogen (secondary N) is 2. The Morgan fingerprint density at radius 3 is 2.67 bits per heavy atom. The normalized spacial score (nSPS) is 12.2. The van der Waals surface area contributed by atoms with Crippen molar-refractivity contribution < 1.29 is 13.5 Å². The molecule has 0 atom stereocenters. The molecular formula is C10H20N4O3S. The number of H-pyrrole nitrogens is 1. The van der Waals surface area contributed by atoms with Gasteiger partial charge in [-0.2, -0.15) is 5.10 Å². The predicted molar refractivity (Wildman–Crippen MR) is 67.5 cm³/mol. The SMILES string of the molecule is CCN(CC)CCNS(=O)(=O)c1[nH]ncc1CO. The highest BCUT2D eigenvalue weighted by Crippen LogP contribution is 2.10. The van der Waals surface area contributed by atoms with Gasteiger partial charge in [0.15, 0.2) is 5.03 Å². The van der Waals surface area contributed by atoms with Crippen molar-refractivity contribution in [1.82, 2.24) is 19.8 Å². The van der Waals surface area contributed by atoms with Gasteiger partial charge in [-0.3, -0.25) is 5.10 Å². The van der Waals surface area contributed by atoms with Gasteiger partial charge in [0.2, 0.25) is 0 Å². The number of aliphatic hydroxyl groups is 1. The number of hydrogen-bond acceptors (Lipinski definition) is 5. The van der Waals surface area contributed by atoms with Crippen LogP contribution in [-0.2, 0) is 16.6 Å². The summed E-state index contributed by atoms with van der Waals surface area (Å²) in [6, 6.07) is 0. The van der Waals surface area contributed by atoms with E-state index in [4.69, 9.17) is 5.11 Å². The zero-order chi connectivity index (χ0) is 13.6. The van der Waals surface area contributed by atoms with Crippen molar-refractivity contribution in [3.63, 3.8) is 0 Å². The van der Waals surface area contributed by atoms with Gasteiger partial charge in [0.05, 0.1) is 12.8 Å². The Bertz CT molecular complexity index is 453. The van der Waals surface area contributed by atoms with E-state index < -0.39 is 10.0 Å². The Morgan fingerprint density at radius 1 is 1.44 bits per heavy atom. The molecule has 3 N–H and O–H groups in total. The number of sulfonamides is 1. The molecule has 0 aromatic carbocycles. The molecule has 0 bridgehead atoms. The summed E-state index contributed by atoms with van der Waals surface area (Å²) in [5.41, 5.74) is 0.269. The standard InChI is InChI=1S/C10H20N4O3S/c1-3-14(4-2)6-5-12-18(16,17)10-9(8-15)7-11-13-10/h7,12,15H,3-6,8H2,1-2H3,(H,11,13). The van der Waals surface area contributed by atoms with Crippen molar-refractivity contribution in [3.05, 3.63) is 11.8 Å². The minimum Gasteiger partial charge on any atom is -0.392 e. The van der Waals surface area contributed by atoms with Crippen LogP contribution in [0.5, 0.6) is 0 Å². The molecule has 0 aliphatic rings. The first-order chi connectivity index (χ1) is 8.55. The van der Waals surface area contributed by atoms with Crippen LogP contribution in [0.4, 0.5) is 0 Å². The van der Waals surface area contributed by atoms with Crippen LogP contribution < -0.4 is 4.72 Å². The van der Waals surface area contributed by atoms with Gasteiger partial charge in [-0.05, 0) is 13.1 Å². The van der Waals surface area contributed by atoms with E-state index in [0.29, 0.717) is 13.1 Å². The molecule has 0 fully saturated rings. The average molecular weight is 276 g/mol. The summed E-state index contributed by atoms with van der Waals surface area (Å²) < 4.78 is 26.3. The van der Waals surface area contributed by atoms with Crippen LogP contribution in [0, 0.1) is 0 Å². The Balaban J connectivity index is 2.61. The first-order valence-electron chi connectivity index (χ1n) is 5.90. The lowest BCUT2D eigenvalue weighted by Crippen LogP contribution is -2.35. The Hall–Kier alpha value is -0.960. The molecule has 18 heavy (non-hydrogen) atoms. The van der Waals surface area contributed by atoms with Crippen LogP contribution in [0.25, 0.3) is 0 Å². The maximum absolute atomic E-state index is 11.9. The molecule has 0 aliphatic carbocycles. The Morgan fingerprint density at radius 2 is 2.11 bits per heavy atom. The maximum Gasteiger partial charge on any atom is 0.257 e. The van der Waals surface area contributed by atoms with Crippen molar-refractivity contribution >= 4 is 10.0 Å². The van der Waals surface area contributed by atoms with Gasteiger partial charge in [-0.25, -0.2) is 13.1 Å². The second-order valence-electron chi connectivity index (χ2n) is 3.81. The van der Waals surface area contributed by atoms with Crippen LogP contribution in [0.3, 0.4) is 0 Å². The molecule has 8 heteroatoms. The van der Waals surface area contributed by atoms with Crippen molar-refractivity contribution in [3.8, 4) is 0 Å². The fourth-order valence-corrected chi connectivity index (χ4v) is 2.73. The lowest BCUT2D eigenvalue weighted by Gasteiger charge is -2.17. The summed E-state index contributed by atoms with van der Waals surface area (Å²) >= 11 is 0. The molecule has 0 saturated carbocycles. The molecule has 104 valence electrons. The average Bonchev–Trinajstić information content (AvgIpc) is 2.83. The topological polar surface area (TPSA) is 98.3 Å². The lowest BCUT2D eigenvalue weighted by molar-refractivity contribution is 0.278. The second kappa shape index (κ2) is 6.83. The maximum atomic E-state index is 11.9. The van der Waals surface area contributed by atoms with Gasteiger partial charge >= 0.3 is 0 Å². The van der Waals surface area contributed by atoms with Crippen molar-refractivity contribution in [1.29, 1.82) is 0 Å². The summed E-state index contributed by atoms with van der Waals surface area (Å²) in [5, 5.41) is 14.9. The van der Waals surface area contributed by atoms with Crippen LogP contribution in [0.1, 0.15) is 19.4 Å². The zero-order valence-electron chi connectivity index (χ0n) is 10.7. The molecule has 1 aromatic rings. The molecule has 0 amide bonds. The molecule has 1 heterocycles. The van der Waals surface area contributed by atoms with Gasteiger partial charge in [-0.15, -0.1) is 0 Å². The van der Waals surface area contributed by atoms with Gasteiger partial charge < -0.3 is 10.0 Å². The largest absolute Gasteiger partial charge is 0.392 e. The van der Waals surface area contributed by atoms with Gasteiger partial charge in [0.25, 0.3) is 10.0 Å². The first-order valence-corrected chi connectivity index (χ1v) is 7.38. The molecule has 0 aliphatic heterocycles. The molecule has 0 spiro atoms. The highest BCUT2D eigenvalue weighted by molar-refractivity contribution is 7.89. The van der Waals surface area contributed by atoms with E-state index in [1.807, 2.05) is 13.8 Å². The quantitative estimate of drug-likeness (QED) is 0.596. The van der Waals surface area contributed by atoms with Crippen molar-refractivity contribution in [2.24, 2.45) is 0 Å². The highest BCUT2D eigenvalue weighted by atomic mass is 32.2. The van der Waals surface area contributed by atoms with Crippen LogP contribution in [-0.4, -0.2) is 54.8 Å². The van der Waals surface area contributed by atoms with E-state index in [9.17, 15) is 8.42 Å². The van der Waals surface area contributed by atoms with Crippen molar-refractivity contribution in [2.45, 2.75) is 25.5 Å². The summed E-state index contributed by atoms with van der Waals surface area (Å²) in [6.07, 6.45) is 1.30. The third kappa shape index (κ3) is 3.77. The Kier molecular flexibility index (Phi) is 5.73. The third-order valence-corrected chi connectivity index (χ3v) is 4.21. The molecule has 0 radical (unpaired) electrons. The number of hydrogen-bond donors (Lipinski definition) is 3. The third-order valence-electron chi connectivity index (χ3n) is 2.73. The fraction of sp³-hybridized carbons (Fsp3) is 0.700. The molecule has 0 unspecified atom stereocenters. The summed E-state index contributed by atoms with van der Waals surface area (Å²) in [7, 11) is -3.63. The number of likely N-dealkylation sites (N-methyl/N-ethyl adjacent to an activating group) is 1. The molecule has 0 saturated heterocycles. The number of rotatable bonds is 8. The predicted octanol–water partition coefficient (Wildman–Crippen LogP) is -0.478. The summed E-state index contributed by atoms with van der Waals surface area (Å²) in [6.45, 7) is 6.42. The molecule has 7 nitrogen and oxygen atoms in total. The highest BCUT2D eigenvalue weighted by Gasteiger charge is 2.19. The number of aliphatic hydroxyl groups excluding tert-OH is 1. The van der Waals surface area contributed by atoms with Gasteiger partial charge in [-0.1, -0.05) is 13.8 Å². The van der Waals surface area contributed by atoms with Crippen LogP contribution >= 0.6 is 0 Å². The smallest absolute Gasteiger partial charge is 0.257 e. The Labute approximate surface area is 107 Å². The fourth-order valence-electron chi connectivity index (χ4n) is 1.59. The minimum absolute atomic E-state index is 0.0652. The number of aromatic nitrogens is 2. The molecule has 1 aromatic heterocycles. The van der Waals surface area contributed by atoms with Crippen molar-refractivity contribution in [2.75, 3.05) is 26.2 Å². The van der Waals surface area contributed by atoms with Gasteiger partial charge in [0.1, 0.15) is 0 Å². The minimum atomic E-state index is -3.63. The number of aromatic amines is 1. The van der Waals surface area contributed by atoms with E-state index in [1.165, 1.54) is 6.20 Å². The van der Waals surface area contributed by atoms with E-state index in [-0.39, 0.29) is 17.2 Å². The van der Waals surface area contributed by atoms with E-state index in [1.54, 1.807) is 0 Å². The van der Waals surface area contributed by atoms with E-state index in [2.05, 4.69) is 19.8 Å². The van der Waals surface area contributed by atoms with Crippen LogP contribution in [0.2, 0.25) is 0 Å². The van der Waals surface area contributed by atoms with Gasteiger partial charge in [0, 0.05) is 18.7 Å². The van der Waals surface area contributed by atoms with Crippen LogP contribution in [0.15, 0.2) is 11.2 Å². The monoisotopic (exact) mass is 276 g/mol.